The van der Waals surface area contributed by atoms with Crippen LogP contribution in [0, 0.1) is 5.92 Å². The molecule has 0 saturated carbocycles. The number of alkyl halides is 3. The van der Waals surface area contributed by atoms with Gasteiger partial charge in [-0.2, -0.15) is 13.2 Å². The van der Waals surface area contributed by atoms with Gasteiger partial charge in [-0.1, -0.05) is 37.6 Å². The highest BCUT2D eigenvalue weighted by atomic mass is 35.5. The second-order valence-corrected chi connectivity index (χ2v) is 5.55. The number of amides is 1. The van der Waals surface area contributed by atoms with E-state index >= 15 is 0 Å². The van der Waals surface area contributed by atoms with Gasteiger partial charge in [-0.3, -0.25) is 4.79 Å². The van der Waals surface area contributed by atoms with E-state index in [1.165, 1.54) is 24.3 Å². The fourth-order valence-corrected chi connectivity index (χ4v) is 1.78. The number of hydrogen-bond donors (Lipinski definition) is 2. The van der Waals surface area contributed by atoms with Gasteiger partial charge in [-0.15, -0.1) is 0 Å². The van der Waals surface area contributed by atoms with E-state index < -0.39 is 24.2 Å². The zero-order valence-electron chi connectivity index (χ0n) is 11.6. The molecule has 2 unspecified atom stereocenters. The molecule has 0 fully saturated rings. The standard InChI is InChI=1S/C14H17ClF3NO2/c1-8(2)11(20)7-12(21)19-13(14(16,17)18)9-3-5-10(15)6-4-9/h3-6,8,11,13,20H,7H2,1-2H3,(H,19,21). The topological polar surface area (TPSA) is 49.3 Å². The third-order valence-corrected chi connectivity index (χ3v) is 3.25. The largest absolute Gasteiger partial charge is 0.412 e. The van der Waals surface area contributed by atoms with Crippen LogP contribution in [0.1, 0.15) is 31.9 Å². The van der Waals surface area contributed by atoms with E-state index in [1.807, 2.05) is 5.32 Å². The number of benzene rings is 1. The van der Waals surface area contributed by atoms with E-state index in [0.717, 1.165) is 0 Å². The van der Waals surface area contributed by atoms with Crippen molar-refractivity contribution in [2.75, 3.05) is 0 Å². The lowest BCUT2D eigenvalue weighted by atomic mass is 10.0. The molecule has 0 saturated heterocycles. The Balaban J connectivity index is 2.85. The predicted molar refractivity (Wildman–Crippen MR) is 73.9 cm³/mol. The number of hydrogen-bond acceptors (Lipinski definition) is 2. The maximum Gasteiger partial charge on any atom is 0.412 e. The van der Waals surface area contributed by atoms with Crippen molar-refractivity contribution in [3.05, 3.63) is 34.9 Å². The molecular formula is C14H17ClF3NO2. The predicted octanol–water partition coefficient (Wildman–Crippen LogP) is 3.47. The second-order valence-electron chi connectivity index (χ2n) is 5.11. The number of rotatable bonds is 5. The summed E-state index contributed by atoms with van der Waals surface area (Å²) in [5, 5.41) is 11.8. The van der Waals surface area contributed by atoms with E-state index in [2.05, 4.69) is 0 Å². The summed E-state index contributed by atoms with van der Waals surface area (Å²) in [4.78, 5) is 11.7. The van der Waals surface area contributed by atoms with Gasteiger partial charge in [0.1, 0.15) is 0 Å². The fraction of sp³-hybridized carbons (Fsp3) is 0.500. The molecule has 0 heterocycles. The van der Waals surface area contributed by atoms with E-state index in [9.17, 15) is 23.1 Å². The van der Waals surface area contributed by atoms with Crippen LogP contribution in [0.25, 0.3) is 0 Å². The molecule has 21 heavy (non-hydrogen) atoms. The van der Waals surface area contributed by atoms with Crippen molar-refractivity contribution in [3.8, 4) is 0 Å². The van der Waals surface area contributed by atoms with Crippen molar-refractivity contribution >= 4 is 17.5 Å². The van der Waals surface area contributed by atoms with E-state index in [0.29, 0.717) is 5.02 Å². The number of nitrogens with one attached hydrogen (secondary N) is 1. The minimum absolute atomic E-state index is 0.112. The summed E-state index contributed by atoms with van der Waals surface area (Å²) in [6.45, 7) is 3.36. The van der Waals surface area contributed by atoms with Crippen molar-refractivity contribution < 1.29 is 23.1 Å². The fourth-order valence-electron chi connectivity index (χ4n) is 1.65. The van der Waals surface area contributed by atoms with Crippen molar-refractivity contribution in [2.45, 2.75) is 38.6 Å². The maximum atomic E-state index is 13.1. The number of aliphatic hydroxyl groups excluding tert-OH is 1. The Bertz CT molecular complexity index is 474. The molecule has 0 radical (unpaired) electrons. The summed E-state index contributed by atoms with van der Waals surface area (Å²) >= 11 is 5.64. The second kappa shape index (κ2) is 7.13. The number of carbonyl (C=O) groups excluding carboxylic acids is 1. The monoisotopic (exact) mass is 323 g/mol. The molecule has 0 aliphatic heterocycles. The lowest BCUT2D eigenvalue weighted by Gasteiger charge is -2.23. The van der Waals surface area contributed by atoms with E-state index in [4.69, 9.17) is 11.6 Å². The average Bonchev–Trinajstić information content (AvgIpc) is 2.35. The first-order valence-corrected chi connectivity index (χ1v) is 6.78. The van der Waals surface area contributed by atoms with Crippen LogP contribution < -0.4 is 5.32 Å². The quantitative estimate of drug-likeness (QED) is 0.871. The Hall–Kier alpha value is -1.27. The van der Waals surface area contributed by atoms with Crippen LogP contribution in [0.4, 0.5) is 13.2 Å². The molecule has 2 N–H and O–H groups in total. The zero-order valence-corrected chi connectivity index (χ0v) is 12.4. The highest BCUT2D eigenvalue weighted by Crippen LogP contribution is 2.33. The molecule has 0 aromatic heterocycles. The zero-order chi connectivity index (χ0) is 16.2. The van der Waals surface area contributed by atoms with Crippen LogP contribution >= 0.6 is 11.6 Å². The van der Waals surface area contributed by atoms with Crippen LogP contribution in [0.15, 0.2) is 24.3 Å². The average molecular weight is 324 g/mol. The normalized spacial score (nSPS) is 14.9. The highest BCUT2D eigenvalue weighted by Gasteiger charge is 2.42. The van der Waals surface area contributed by atoms with Gasteiger partial charge >= 0.3 is 6.18 Å². The van der Waals surface area contributed by atoms with Gasteiger partial charge in [-0.25, -0.2) is 0 Å². The molecule has 3 nitrogen and oxygen atoms in total. The van der Waals surface area contributed by atoms with Crippen LogP contribution in [-0.2, 0) is 4.79 Å². The van der Waals surface area contributed by atoms with Crippen molar-refractivity contribution in [1.29, 1.82) is 0 Å². The van der Waals surface area contributed by atoms with Crippen molar-refractivity contribution in [3.63, 3.8) is 0 Å². The number of carbonyl (C=O) groups is 1. The van der Waals surface area contributed by atoms with Gasteiger partial charge in [0.15, 0.2) is 6.04 Å². The van der Waals surface area contributed by atoms with Gasteiger partial charge in [0.2, 0.25) is 5.91 Å². The van der Waals surface area contributed by atoms with Crippen LogP contribution in [0.3, 0.4) is 0 Å². The molecular weight excluding hydrogens is 307 g/mol. The molecule has 0 aliphatic carbocycles. The molecule has 0 spiro atoms. The van der Waals surface area contributed by atoms with Crippen molar-refractivity contribution in [1.82, 2.24) is 5.32 Å². The van der Waals surface area contributed by atoms with Crippen LogP contribution in [-0.4, -0.2) is 23.3 Å². The van der Waals surface area contributed by atoms with Crippen LogP contribution in [0.5, 0.6) is 0 Å². The molecule has 0 bridgehead atoms. The Kier molecular flexibility index (Phi) is 6.04. The SMILES string of the molecule is CC(C)C(O)CC(=O)NC(c1ccc(Cl)cc1)C(F)(F)F. The first kappa shape index (κ1) is 17.8. The summed E-state index contributed by atoms with van der Waals surface area (Å²) in [5.74, 6) is -1.07. The van der Waals surface area contributed by atoms with Crippen molar-refractivity contribution in [2.24, 2.45) is 5.92 Å². The number of halogens is 4. The van der Waals surface area contributed by atoms with Gasteiger partial charge in [0.05, 0.1) is 12.5 Å². The van der Waals surface area contributed by atoms with Crippen LogP contribution in [0.2, 0.25) is 5.02 Å². The number of aliphatic hydroxyl groups is 1. The van der Waals surface area contributed by atoms with Gasteiger partial charge < -0.3 is 10.4 Å². The molecule has 7 heteroatoms. The summed E-state index contributed by atoms with van der Waals surface area (Å²) < 4.78 is 39.2. The summed E-state index contributed by atoms with van der Waals surface area (Å²) in [7, 11) is 0. The first-order chi connectivity index (χ1) is 9.61. The third-order valence-electron chi connectivity index (χ3n) is 3.00. The molecule has 118 valence electrons. The first-order valence-electron chi connectivity index (χ1n) is 6.41. The summed E-state index contributed by atoms with van der Waals surface area (Å²) in [6, 6.07) is 2.94. The molecule has 1 rings (SSSR count). The smallest absolute Gasteiger partial charge is 0.392 e. The lowest BCUT2D eigenvalue weighted by molar-refractivity contribution is -0.164. The molecule has 1 aromatic rings. The molecule has 0 aliphatic rings. The molecule has 2 atom stereocenters. The third kappa shape index (κ3) is 5.55. The molecule has 1 amide bonds. The van der Waals surface area contributed by atoms with Gasteiger partial charge in [0, 0.05) is 5.02 Å². The minimum atomic E-state index is -4.63. The maximum absolute atomic E-state index is 13.1. The Morgan fingerprint density at radius 2 is 1.81 bits per heavy atom. The lowest BCUT2D eigenvalue weighted by Crippen LogP contribution is -2.39. The van der Waals surface area contributed by atoms with Gasteiger partial charge in [0.25, 0.3) is 0 Å². The van der Waals surface area contributed by atoms with E-state index in [1.54, 1.807) is 13.8 Å². The highest BCUT2D eigenvalue weighted by molar-refractivity contribution is 6.30. The Morgan fingerprint density at radius 3 is 2.24 bits per heavy atom. The molecule has 1 aromatic carbocycles. The van der Waals surface area contributed by atoms with Gasteiger partial charge in [-0.05, 0) is 23.6 Å². The minimum Gasteiger partial charge on any atom is -0.392 e. The summed E-state index contributed by atoms with van der Waals surface area (Å²) in [5.41, 5.74) is -0.112. The Morgan fingerprint density at radius 1 is 1.29 bits per heavy atom. The Labute approximate surface area is 126 Å². The van der Waals surface area contributed by atoms with E-state index in [-0.39, 0.29) is 17.9 Å². The summed E-state index contributed by atoms with van der Waals surface area (Å²) in [6.07, 6.45) is -5.99.